The van der Waals surface area contributed by atoms with Crippen LogP contribution >= 0.6 is 0 Å². The van der Waals surface area contributed by atoms with Crippen LogP contribution in [0.25, 0.3) is 0 Å². The fourth-order valence-electron chi connectivity index (χ4n) is 1.93. The minimum absolute atomic E-state index is 0.0684. The van der Waals surface area contributed by atoms with Crippen molar-refractivity contribution >= 4 is 11.8 Å². The number of aromatic amines is 1. The molecule has 0 aliphatic heterocycles. The maximum absolute atomic E-state index is 11.7. The van der Waals surface area contributed by atoms with Gasteiger partial charge in [0.1, 0.15) is 5.75 Å². The van der Waals surface area contributed by atoms with E-state index < -0.39 is 5.97 Å². The summed E-state index contributed by atoms with van der Waals surface area (Å²) in [6, 6.07) is 11.0. The van der Waals surface area contributed by atoms with Crippen molar-refractivity contribution in [1.29, 1.82) is 0 Å². The van der Waals surface area contributed by atoms with Gasteiger partial charge in [0.2, 0.25) is 0 Å². The highest BCUT2D eigenvalue weighted by molar-refractivity contribution is 5.97. The highest BCUT2D eigenvalue weighted by Crippen LogP contribution is 2.24. The normalized spacial score (nSPS) is 11.9. The van der Waals surface area contributed by atoms with Gasteiger partial charge in [0.05, 0.1) is 0 Å². The first-order chi connectivity index (χ1) is 11.4. The molecule has 2 rings (SSSR count). The Bertz CT molecular complexity index is 705. The Morgan fingerprint density at radius 3 is 2.33 bits per heavy atom. The van der Waals surface area contributed by atoms with Gasteiger partial charge in [-0.25, -0.2) is 9.78 Å². The van der Waals surface area contributed by atoms with Crippen molar-refractivity contribution in [3.63, 3.8) is 0 Å². The smallest absolute Gasteiger partial charge is 0.372 e. The molecule has 1 aromatic carbocycles. The average Bonchev–Trinajstić information content (AvgIpc) is 2.58. The lowest BCUT2D eigenvalue weighted by molar-refractivity contribution is -0.378. The van der Waals surface area contributed by atoms with Gasteiger partial charge in [-0.1, -0.05) is 38.1 Å². The summed E-state index contributed by atoms with van der Waals surface area (Å²) >= 11 is 0. The number of carbonyl (C=O) groups is 1. The molecule has 0 fully saturated rings. The molecule has 3 N–H and O–H groups in total. The molecule has 126 valence electrons. The first-order valence-corrected chi connectivity index (χ1v) is 7.59. The molecular formula is C18H22N3O3+. The highest BCUT2D eigenvalue weighted by Gasteiger charge is 2.13. The van der Waals surface area contributed by atoms with Gasteiger partial charge in [-0.3, -0.25) is 0 Å². The first kappa shape index (κ1) is 17.5. The van der Waals surface area contributed by atoms with E-state index in [1.54, 1.807) is 24.5 Å². The molecule has 0 saturated heterocycles. The van der Waals surface area contributed by atoms with Crippen LogP contribution in [0.5, 0.6) is 5.75 Å². The number of hydrogen-bond acceptors (Lipinski definition) is 4. The quantitative estimate of drug-likeness (QED) is 0.394. The zero-order valence-electron chi connectivity index (χ0n) is 14.1. The molecule has 0 amide bonds. The molecule has 6 nitrogen and oxygen atoms in total. The fourth-order valence-corrected chi connectivity index (χ4v) is 1.93. The number of rotatable bonds is 5. The van der Waals surface area contributed by atoms with Gasteiger partial charge in [-0.2, -0.15) is 0 Å². The van der Waals surface area contributed by atoms with Gasteiger partial charge in [-0.15, -0.1) is 0 Å². The summed E-state index contributed by atoms with van der Waals surface area (Å²) in [6.45, 7) is 6.16. The van der Waals surface area contributed by atoms with Crippen molar-refractivity contribution in [3.8, 4) is 5.75 Å². The van der Waals surface area contributed by atoms with Gasteiger partial charge in [-0.05, 0) is 23.1 Å². The van der Waals surface area contributed by atoms with E-state index in [0.29, 0.717) is 11.3 Å². The SMILES string of the molecule is CC(C)(C)c1ccc(OCC(=O)ON=C(N)c2cc[nH+]cc2)cc1. The van der Waals surface area contributed by atoms with Crippen LogP contribution in [-0.2, 0) is 15.0 Å². The molecule has 1 aromatic heterocycles. The van der Waals surface area contributed by atoms with Crippen LogP contribution in [-0.4, -0.2) is 18.4 Å². The number of ether oxygens (including phenoxy) is 1. The molecular weight excluding hydrogens is 306 g/mol. The predicted octanol–water partition coefficient (Wildman–Crippen LogP) is 2.04. The number of nitrogens with two attached hydrogens (primary N) is 1. The van der Waals surface area contributed by atoms with Crippen LogP contribution in [0.1, 0.15) is 31.9 Å². The second kappa shape index (κ2) is 7.59. The zero-order chi connectivity index (χ0) is 17.6. The minimum Gasteiger partial charge on any atom is -0.482 e. The summed E-state index contributed by atoms with van der Waals surface area (Å²) < 4.78 is 5.38. The molecule has 0 spiro atoms. The number of amidine groups is 1. The third-order valence-electron chi connectivity index (χ3n) is 3.34. The maximum atomic E-state index is 11.7. The third-order valence-corrected chi connectivity index (χ3v) is 3.34. The number of carbonyl (C=O) groups excluding carboxylic acids is 1. The summed E-state index contributed by atoms with van der Waals surface area (Å²) in [7, 11) is 0. The topological polar surface area (TPSA) is 88.0 Å². The lowest BCUT2D eigenvalue weighted by atomic mass is 9.87. The highest BCUT2D eigenvalue weighted by atomic mass is 16.7. The third kappa shape index (κ3) is 5.08. The van der Waals surface area contributed by atoms with Gasteiger partial charge < -0.3 is 15.3 Å². The van der Waals surface area contributed by atoms with Crippen molar-refractivity contribution in [1.82, 2.24) is 0 Å². The Morgan fingerprint density at radius 1 is 1.12 bits per heavy atom. The molecule has 0 radical (unpaired) electrons. The molecule has 0 aliphatic carbocycles. The van der Waals surface area contributed by atoms with Crippen LogP contribution in [0.2, 0.25) is 0 Å². The largest absolute Gasteiger partial charge is 0.482 e. The van der Waals surface area contributed by atoms with E-state index in [9.17, 15) is 4.79 Å². The van der Waals surface area contributed by atoms with Gasteiger partial charge in [0.15, 0.2) is 24.8 Å². The lowest BCUT2D eigenvalue weighted by Gasteiger charge is -2.19. The molecule has 2 aromatic rings. The summed E-state index contributed by atoms with van der Waals surface area (Å²) in [5.74, 6) is 0.0859. The number of pyridine rings is 1. The minimum atomic E-state index is -0.625. The van der Waals surface area contributed by atoms with Crippen LogP contribution in [0, 0.1) is 0 Å². The number of oxime groups is 1. The van der Waals surface area contributed by atoms with Crippen LogP contribution < -0.4 is 15.5 Å². The molecule has 0 unspecified atom stereocenters. The summed E-state index contributed by atoms with van der Waals surface area (Å²) in [5.41, 5.74) is 7.64. The van der Waals surface area contributed by atoms with E-state index in [-0.39, 0.29) is 17.9 Å². The van der Waals surface area contributed by atoms with Gasteiger partial charge in [0, 0.05) is 17.7 Å². The lowest BCUT2D eigenvalue weighted by Crippen LogP contribution is -2.18. The Hall–Kier alpha value is -2.89. The second-order valence-electron chi connectivity index (χ2n) is 6.29. The van der Waals surface area contributed by atoms with Gasteiger partial charge in [0.25, 0.3) is 0 Å². The average molecular weight is 328 g/mol. The van der Waals surface area contributed by atoms with E-state index in [0.717, 1.165) is 0 Å². The van der Waals surface area contributed by atoms with Crippen LogP contribution in [0.4, 0.5) is 0 Å². The predicted molar refractivity (Wildman–Crippen MR) is 90.5 cm³/mol. The molecule has 0 atom stereocenters. The van der Waals surface area contributed by atoms with E-state index in [4.69, 9.17) is 15.3 Å². The number of benzene rings is 1. The summed E-state index contributed by atoms with van der Waals surface area (Å²) in [4.78, 5) is 19.3. The number of hydrogen-bond donors (Lipinski definition) is 1. The number of H-pyrrole nitrogens is 1. The molecule has 1 heterocycles. The first-order valence-electron chi connectivity index (χ1n) is 7.59. The van der Waals surface area contributed by atoms with Crippen molar-refractivity contribution < 1.29 is 19.4 Å². The summed E-state index contributed by atoms with van der Waals surface area (Å²) in [5, 5.41) is 3.60. The van der Waals surface area contributed by atoms with Gasteiger partial charge >= 0.3 is 5.97 Å². The molecule has 0 bridgehead atoms. The molecule has 24 heavy (non-hydrogen) atoms. The van der Waals surface area contributed by atoms with Crippen molar-refractivity contribution in [2.24, 2.45) is 10.9 Å². The Morgan fingerprint density at radius 2 is 1.75 bits per heavy atom. The zero-order valence-corrected chi connectivity index (χ0v) is 14.1. The van der Waals surface area contributed by atoms with Crippen LogP contribution in [0.3, 0.4) is 0 Å². The number of nitrogens with one attached hydrogen (secondary N) is 1. The monoisotopic (exact) mass is 328 g/mol. The number of aromatic nitrogens is 1. The van der Waals surface area contributed by atoms with E-state index in [2.05, 4.69) is 30.9 Å². The van der Waals surface area contributed by atoms with E-state index in [1.165, 1.54) is 5.56 Å². The number of nitrogens with zero attached hydrogens (tertiary/aromatic N) is 1. The molecule has 6 heteroatoms. The standard InChI is InChI=1S/C18H21N3O3/c1-18(2,3)14-4-6-15(7-5-14)23-12-16(22)24-21-17(19)13-8-10-20-11-9-13/h4-11H,12H2,1-3H3,(H2,19,21)/p+1. The van der Waals surface area contributed by atoms with Crippen molar-refractivity contribution in [3.05, 3.63) is 59.9 Å². The Labute approximate surface area is 141 Å². The fraction of sp³-hybridized carbons (Fsp3) is 0.278. The molecule has 0 aliphatic rings. The summed E-state index contributed by atoms with van der Waals surface area (Å²) in [6.07, 6.45) is 3.40. The second-order valence-corrected chi connectivity index (χ2v) is 6.29. The Balaban J connectivity index is 1.85. The van der Waals surface area contributed by atoms with E-state index in [1.807, 2.05) is 24.3 Å². The van der Waals surface area contributed by atoms with Crippen molar-refractivity contribution in [2.45, 2.75) is 26.2 Å². The van der Waals surface area contributed by atoms with Crippen LogP contribution in [0.15, 0.2) is 53.9 Å². The van der Waals surface area contributed by atoms with Crippen molar-refractivity contribution in [2.75, 3.05) is 6.61 Å². The van der Waals surface area contributed by atoms with E-state index >= 15 is 0 Å². The Kier molecular flexibility index (Phi) is 5.52. The maximum Gasteiger partial charge on any atom is 0.372 e. The molecule has 0 saturated carbocycles.